The fraction of sp³-hybridized carbons (Fsp3) is 0.588. The van der Waals surface area contributed by atoms with Crippen LogP contribution in [0.2, 0.25) is 0 Å². The molecule has 0 unspecified atom stereocenters. The van der Waals surface area contributed by atoms with Gasteiger partial charge in [-0.3, -0.25) is 9.83 Å². The molecule has 1 aliphatic heterocycles. The zero-order valence-electron chi connectivity index (χ0n) is 13.3. The first-order valence-electron chi connectivity index (χ1n) is 7.48. The van der Waals surface area contributed by atoms with Crippen molar-refractivity contribution in [1.29, 1.82) is 0 Å². The molecule has 1 aromatic carbocycles. The molecule has 110 valence electrons. The summed E-state index contributed by atoms with van der Waals surface area (Å²) in [7, 11) is 0. The maximum Gasteiger partial charge on any atom is 0.131 e. The molecule has 0 bridgehead atoms. The Bertz CT molecular complexity index is 477. The van der Waals surface area contributed by atoms with Crippen LogP contribution in [-0.2, 0) is 4.84 Å². The van der Waals surface area contributed by atoms with Gasteiger partial charge in [-0.25, -0.2) is 0 Å². The van der Waals surface area contributed by atoms with Gasteiger partial charge in [0.1, 0.15) is 5.66 Å². The minimum absolute atomic E-state index is 0.224. The van der Waals surface area contributed by atoms with Crippen molar-refractivity contribution < 1.29 is 4.84 Å². The quantitative estimate of drug-likeness (QED) is 0.757. The van der Waals surface area contributed by atoms with Crippen LogP contribution in [0.4, 0.5) is 0 Å². The normalized spacial score (nSPS) is 20.9. The Morgan fingerprint density at radius 3 is 2.35 bits per heavy atom. The number of unbranched alkanes of at least 4 members (excludes halogenated alkanes) is 1. The van der Waals surface area contributed by atoms with Crippen LogP contribution < -0.4 is 0 Å². The van der Waals surface area contributed by atoms with E-state index in [2.05, 4.69) is 63.9 Å². The Hall–Kier alpha value is -1.19. The number of hydrogen-bond acceptors (Lipinski definition) is 3. The molecular weight excluding hydrogens is 248 g/mol. The second kappa shape index (κ2) is 5.66. The average molecular weight is 274 g/mol. The minimum Gasteiger partial charge on any atom is -0.296 e. The summed E-state index contributed by atoms with van der Waals surface area (Å²) in [4.78, 5) is 11.0. The molecule has 0 fully saturated rings. The van der Waals surface area contributed by atoms with Gasteiger partial charge in [0, 0.05) is 0 Å². The molecule has 1 heterocycles. The summed E-state index contributed by atoms with van der Waals surface area (Å²) in [6, 6.07) is 10.4. The van der Waals surface area contributed by atoms with Gasteiger partial charge in [-0.15, -0.1) is 0 Å². The number of rotatable bonds is 5. The molecule has 0 saturated carbocycles. The highest BCUT2D eigenvalue weighted by atomic mass is 16.7. The maximum atomic E-state index is 6.04. The second-order valence-corrected chi connectivity index (χ2v) is 6.36. The standard InChI is InChI=1S/C17H26N2O/c1-6-7-13-20-19-16(2,3)15(18-17(19,4)5)14-11-9-8-10-12-14/h8-12H,6-7,13H2,1-5H3. The van der Waals surface area contributed by atoms with E-state index in [0.29, 0.717) is 0 Å². The first-order chi connectivity index (χ1) is 9.39. The fourth-order valence-corrected chi connectivity index (χ4v) is 2.87. The van der Waals surface area contributed by atoms with Gasteiger partial charge in [-0.1, -0.05) is 43.7 Å². The topological polar surface area (TPSA) is 24.8 Å². The van der Waals surface area contributed by atoms with Gasteiger partial charge in [-0.05, 0) is 39.7 Å². The molecule has 3 nitrogen and oxygen atoms in total. The molecular formula is C17H26N2O. The van der Waals surface area contributed by atoms with Gasteiger partial charge in [0.25, 0.3) is 0 Å². The summed E-state index contributed by atoms with van der Waals surface area (Å²) in [5, 5.41) is 2.05. The van der Waals surface area contributed by atoms with Crippen LogP contribution in [0.15, 0.2) is 35.3 Å². The second-order valence-electron chi connectivity index (χ2n) is 6.36. The highest BCUT2D eigenvalue weighted by Crippen LogP contribution is 2.37. The molecule has 0 atom stereocenters. The van der Waals surface area contributed by atoms with Crippen molar-refractivity contribution in [1.82, 2.24) is 5.06 Å². The average Bonchev–Trinajstić information content (AvgIpc) is 2.59. The van der Waals surface area contributed by atoms with Gasteiger partial charge >= 0.3 is 0 Å². The summed E-state index contributed by atoms with van der Waals surface area (Å²) in [5.74, 6) is 0. The summed E-state index contributed by atoms with van der Waals surface area (Å²) in [5.41, 5.74) is 1.72. The molecule has 0 aliphatic carbocycles. The first-order valence-corrected chi connectivity index (χ1v) is 7.48. The van der Waals surface area contributed by atoms with Crippen LogP contribution in [0.5, 0.6) is 0 Å². The summed E-state index contributed by atoms with van der Waals surface area (Å²) in [6.07, 6.45) is 2.21. The van der Waals surface area contributed by atoms with Crippen LogP contribution >= 0.6 is 0 Å². The molecule has 20 heavy (non-hydrogen) atoms. The third kappa shape index (κ3) is 2.79. The third-order valence-corrected chi connectivity index (χ3v) is 3.74. The van der Waals surface area contributed by atoms with Crippen molar-refractivity contribution in [3.8, 4) is 0 Å². The molecule has 0 amide bonds. The van der Waals surface area contributed by atoms with E-state index >= 15 is 0 Å². The monoisotopic (exact) mass is 274 g/mol. The van der Waals surface area contributed by atoms with Crippen LogP contribution in [0.25, 0.3) is 0 Å². The Labute approximate surface area is 122 Å². The Balaban J connectivity index is 2.27. The van der Waals surface area contributed by atoms with Gasteiger partial charge in [0.15, 0.2) is 0 Å². The third-order valence-electron chi connectivity index (χ3n) is 3.74. The molecule has 0 saturated heterocycles. The summed E-state index contributed by atoms with van der Waals surface area (Å²) < 4.78 is 0. The van der Waals surface area contributed by atoms with Crippen LogP contribution in [0, 0.1) is 0 Å². The van der Waals surface area contributed by atoms with E-state index < -0.39 is 0 Å². The van der Waals surface area contributed by atoms with Crippen molar-refractivity contribution >= 4 is 5.71 Å². The van der Waals surface area contributed by atoms with Gasteiger partial charge in [0.05, 0.1) is 17.9 Å². The van der Waals surface area contributed by atoms with E-state index in [9.17, 15) is 0 Å². The van der Waals surface area contributed by atoms with Gasteiger partial charge in [-0.2, -0.15) is 5.06 Å². The molecule has 0 aromatic heterocycles. The SMILES string of the molecule is CCCCON1C(C)(C)N=C(c2ccccc2)C1(C)C. The highest BCUT2D eigenvalue weighted by Gasteiger charge is 2.48. The summed E-state index contributed by atoms with van der Waals surface area (Å²) in [6.45, 7) is 11.5. The number of hydrogen-bond donors (Lipinski definition) is 0. The molecule has 0 spiro atoms. The molecule has 0 radical (unpaired) electrons. The lowest BCUT2D eigenvalue weighted by molar-refractivity contribution is -0.237. The predicted octanol–water partition coefficient (Wildman–Crippen LogP) is 4.04. The molecule has 2 rings (SSSR count). The van der Waals surface area contributed by atoms with Crippen LogP contribution in [0.3, 0.4) is 0 Å². The smallest absolute Gasteiger partial charge is 0.131 e. The van der Waals surface area contributed by atoms with Crippen molar-refractivity contribution in [2.75, 3.05) is 6.61 Å². The van der Waals surface area contributed by atoms with Crippen molar-refractivity contribution in [3.63, 3.8) is 0 Å². The van der Waals surface area contributed by atoms with Gasteiger partial charge < -0.3 is 0 Å². The predicted molar refractivity (Wildman–Crippen MR) is 83.8 cm³/mol. The van der Waals surface area contributed by atoms with Crippen LogP contribution in [0.1, 0.15) is 53.0 Å². The van der Waals surface area contributed by atoms with Crippen molar-refractivity contribution in [2.45, 2.75) is 58.7 Å². The lowest BCUT2D eigenvalue weighted by atomic mass is 9.93. The number of aliphatic imine (C=N–C) groups is 1. The fourth-order valence-electron chi connectivity index (χ4n) is 2.87. The zero-order valence-corrected chi connectivity index (χ0v) is 13.3. The van der Waals surface area contributed by atoms with Crippen molar-refractivity contribution in [3.05, 3.63) is 35.9 Å². The molecule has 1 aromatic rings. The Kier molecular flexibility index (Phi) is 4.31. The Morgan fingerprint density at radius 2 is 1.75 bits per heavy atom. The number of nitrogens with zero attached hydrogens (tertiary/aromatic N) is 2. The maximum absolute atomic E-state index is 6.04. The number of benzene rings is 1. The highest BCUT2D eigenvalue weighted by molar-refractivity contribution is 6.08. The van der Waals surface area contributed by atoms with E-state index in [1.54, 1.807) is 0 Å². The van der Waals surface area contributed by atoms with E-state index in [-0.39, 0.29) is 11.2 Å². The Morgan fingerprint density at radius 1 is 1.10 bits per heavy atom. The lowest BCUT2D eigenvalue weighted by Gasteiger charge is -2.38. The van der Waals surface area contributed by atoms with E-state index in [4.69, 9.17) is 9.83 Å². The van der Waals surface area contributed by atoms with Crippen LogP contribution in [-0.4, -0.2) is 28.6 Å². The van der Waals surface area contributed by atoms with Gasteiger partial charge in [0.2, 0.25) is 0 Å². The minimum atomic E-state index is -0.331. The molecule has 1 aliphatic rings. The largest absolute Gasteiger partial charge is 0.296 e. The van der Waals surface area contributed by atoms with E-state index in [1.165, 1.54) is 5.56 Å². The lowest BCUT2D eigenvalue weighted by Crippen LogP contribution is -2.52. The zero-order chi connectivity index (χ0) is 14.8. The van der Waals surface area contributed by atoms with Crippen molar-refractivity contribution in [2.24, 2.45) is 4.99 Å². The summed E-state index contributed by atoms with van der Waals surface area (Å²) >= 11 is 0. The molecule has 0 N–H and O–H groups in total. The van der Waals surface area contributed by atoms with E-state index in [1.807, 2.05) is 6.07 Å². The van der Waals surface area contributed by atoms with E-state index in [0.717, 1.165) is 25.2 Å². The number of hydroxylamine groups is 2. The first kappa shape index (κ1) is 15.2. The molecule has 3 heteroatoms.